The third kappa shape index (κ3) is 6.43. The Bertz CT molecular complexity index is 870. The first-order valence-corrected chi connectivity index (χ1v) is 8.55. The fraction of sp³-hybridized carbons (Fsp3) is 0.190. The van der Waals surface area contributed by atoms with Gasteiger partial charge in [0.25, 0.3) is 5.91 Å². The minimum atomic E-state index is -0.450. The maximum atomic E-state index is 12.3. The normalized spacial score (nSPS) is 10.9. The van der Waals surface area contributed by atoms with Gasteiger partial charge in [0.2, 0.25) is 5.91 Å². The molecule has 0 bridgehead atoms. The first-order valence-electron chi connectivity index (χ1n) is 8.55. The van der Waals surface area contributed by atoms with Crippen LogP contribution in [0.4, 0.5) is 11.4 Å². The fourth-order valence-electron chi connectivity index (χ4n) is 2.21. The maximum absolute atomic E-state index is 12.3. The van der Waals surface area contributed by atoms with Crippen molar-refractivity contribution in [2.24, 2.45) is 0 Å². The van der Waals surface area contributed by atoms with Crippen molar-refractivity contribution in [3.05, 3.63) is 65.7 Å². The molecule has 0 aliphatic carbocycles. The molecule has 0 aliphatic rings. The number of nitrogens with one attached hydrogen (secondary N) is 2. The second-order valence-electron chi connectivity index (χ2n) is 5.99. The summed E-state index contributed by atoms with van der Waals surface area (Å²) in [6.45, 7) is 5.18. The topological polar surface area (TPSA) is 84.5 Å². The molecule has 0 saturated heterocycles. The summed E-state index contributed by atoms with van der Waals surface area (Å²) in [6, 6.07) is 13.2. The van der Waals surface area contributed by atoms with Gasteiger partial charge >= 0.3 is 5.97 Å². The minimum Gasteiger partial charge on any atom is -0.427 e. The number of rotatable bonds is 6. The predicted molar refractivity (Wildman–Crippen MR) is 105 cm³/mol. The van der Waals surface area contributed by atoms with E-state index < -0.39 is 5.97 Å². The van der Waals surface area contributed by atoms with Gasteiger partial charge in [-0.05, 0) is 55.8 Å². The van der Waals surface area contributed by atoms with E-state index in [1.54, 1.807) is 48.5 Å². The molecule has 140 valence electrons. The third-order valence-electron chi connectivity index (χ3n) is 3.70. The van der Waals surface area contributed by atoms with Gasteiger partial charge in [0.15, 0.2) is 0 Å². The number of carbonyl (C=O) groups excluding carboxylic acids is 3. The van der Waals surface area contributed by atoms with Crippen LogP contribution >= 0.6 is 0 Å². The Hall–Kier alpha value is -3.41. The largest absolute Gasteiger partial charge is 0.427 e. The van der Waals surface area contributed by atoms with Crippen molar-refractivity contribution in [3.8, 4) is 5.75 Å². The molecule has 0 radical (unpaired) electrons. The molecule has 0 aromatic heterocycles. The molecular weight excluding hydrogens is 344 g/mol. The van der Waals surface area contributed by atoms with Gasteiger partial charge in [0.1, 0.15) is 5.75 Å². The molecule has 0 aliphatic heterocycles. The Morgan fingerprint density at radius 1 is 0.963 bits per heavy atom. The van der Waals surface area contributed by atoms with Crippen LogP contribution < -0.4 is 15.4 Å². The lowest BCUT2D eigenvalue weighted by atomic mass is 10.2. The van der Waals surface area contributed by atoms with Crippen LogP contribution in [0.5, 0.6) is 5.75 Å². The standard InChI is InChI=1S/C21H22N2O4/c1-4-14(2)12-20(25)22-17-8-10-18(11-9-17)23-21(26)16-6-5-7-19(13-16)27-15(3)24/h5-13H,4H2,1-3H3,(H,22,25)(H,23,26)/b14-12+. The Morgan fingerprint density at radius 3 is 2.19 bits per heavy atom. The average Bonchev–Trinajstić information content (AvgIpc) is 2.62. The zero-order valence-electron chi connectivity index (χ0n) is 15.5. The van der Waals surface area contributed by atoms with Gasteiger partial charge in [0, 0.05) is 29.9 Å². The molecule has 0 unspecified atom stereocenters. The van der Waals surface area contributed by atoms with Gasteiger partial charge in [-0.3, -0.25) is 14.4 Å². The van der Waals surface area contributed by atoms with Crippen LogP contribution in [-0.4, -0.2) is 17.8 Å². The molecule has 0 fully saturated rings. The summed E-state index contributed by atoms with van der Waals surface area (Å²) in [5, 5.41) is 5.53. The minimum absolute atomic E-state index is 0.187. The monoisotopic (exact) mass is 366 g/mol. The smallest absolute Gasteiger partial charge is 0.308 e. The van der Waals surface area contributed by atoms with E-state index in [0.717, 1.165) is 12.0 Å². The maximum Gasteiger partial charge on any atom is 0.308 e. The predicted octanol–water partition coefficient (Wildman–Crippen LogP) is 4.16. The number of esters is 1. The van der Waals surface area contributed by atoms with E-state index in [1.165, 1.54) is 13.0 Å². The lowest BCUT2D eigenvalue weighted by molar-refractivity contribution is -0.131. The molecule has 0 spiro atoms. The van der Waals surface area contributed by atoms with Crippen molar-refractivity contribution < 1.29 is 19.1 Å². The highest BCUT2D eigenvalue weighted by Crippen LogP contribution is 2.17. The van der Waals surface area contributed by atoms with Crippen molar-refractivity contribution in [2.45, 2.75) is 27.2 Å². The summed E-state index contributed by atoms with van der Waals surface area (Å²) >= 11 is 0. The SMILES string of the molecule is CC/C(C)=C/C(=O)Nc1ccc(NC(=O)c2cccc(OC(C)=O)c2)cc1. The Balaban J connectivity index is 2.01. The van der Waals surface area contributed by atoms with Crippen LogP contribution in [0, 0.1) is 0 Å². The summed E-state index contributed by atoms with van der Waals surface area (Å²) in [5.74, 6) is -0.659. The van der Waals surface area contributed by atoms with E-state index in [0.29, 0.717) is 22.7 Å². The summed E-state index contributed by atoms with van der Waals surface area (Å²) in [5.41, 5.74) is 2.57. The molecule has 2 N–H and O–H groups in total. The van der Waals surface area contributed by atoms with Crippen LogP contribution in [0.1, 0.15) is 37.6 Å². The molecule has 2 amide bonds. The molecule has 0 heterocycles. The fourth-order valence-corrected chi connectivity index (χ4v) is 2.21. The highest BCUT2D eigenvalue weighted by atomic mass is 16.5. The summed E-state index contributed by atoms with van der Waals surface area (Å²) in [6.07, 6.45) is 2.38. The number of allylic oxidation sites excluding steroid dienone is 1. The lowest BCUT2D eigenvalue weighted by Gasteiger charge is -2.08. The van der Waals surface area contributed by atoms with Gasteiger partial charge in [-0.15, -0.1) is 0 Å². The van der Waals surface area contributed by atoms with Gasteiger partial charge < -0.3 is 15.4 Å². The Kier molecular flexibility index (Phi) is 6.88. The van der Waals surface area contributed by atoms with Gasteiger partial charge in [0.05, 0.1) is 0 Å². The lowest BCUT2D eigenvalue weighted by Crippen LogP contribution is -2.13. The molecule has 27 heavy (non-hydrogen) atoms. The number of anilines is 2. The van der Waals surface area contributed by atoms with Crippen LogP contribution in [-0.2, 0) is 9.59 Å². The summed E-state index contributed by atoms with van der Waals surface area (Å²) < 4.78 is 4.98. The zero-order valence-corrected chi connectivity index (χ0v) is 15.5. The average molecular weight is 366 g/mol. The number of benzene rings is 2. The van der Waals surface area contributed by atoms with Gasteiger partial charge in [-0.2, -0.15) is 0 Å². The van der Waals surface area contributed by atoms with E-state index >= 15 is 0 Å². The van der Waals surface area contributed by atoms with E-state index in [2.05, 4.69) is 10.6 Å². The molecule has 6 heteroatoms. The number of hydrogen-bond acceptors (Lipinski definition) is 4. The van der Waals surface area contributed by atoms with Crippen molar-refractivity contribution >= 4 is 29.2 Å². The third-order valence-corrected chi connectivity index (χ3v) is 3.70. The first kappa shape index (κ1) is 19.9. The van der Waals surface area contributed by atoms with Crippen LogP contribution in [0.25, 0.3) is 0 Å². The van der Waals surface area contributed by atoms with Crippen LogP contribution in [0.15, 0.2) is 60.2 Å². The number of carbonyl (C=O) groups is 3. The first-order chi connectivity index (χ1) is 12.9. The molecule has 0 atom stereocenters. The van der Waals surface area contributed by atoms with E-state index in [4.69, 9.17) is 4.74 Å². The number of amides is 2. The highest BCUT2D eigenvalue weighted by Gasteiger charge is 2.08. The zero-order chi connectivity index (χ0) is 19.8. The second kappa shape index (κ2) is 9.33. The van der Waals surface area contributed by atoms with Crippen molar-refractivity contribution in [2.75, 3.05) is 10.6 Å². The highest BCUT2D eigenvalue weighted by molar-refractivity contribution is 6.05. The van der Waals surface area contributed by atoms with Crippen LogP contribution in [0.2, 0.25) is 0 Å². The van der Waals surface area contributed by atoms with E-state index in [9.17, 15) is 14.4 Å². The molecule has 2 aromatic rings. The molecule has 0 saturated carbocycles. The van der Waals surface area contributed by atoms with Crippen molar-refractivity contribution in [3.63, 3.8) is 0 Å². The molecule has 6 nitrogen and oxygen atoms in total. The van der Waals surface area contributed by atoms with Crippen molar-refractivity contribution in [1.29, 1.82) is 0 Å². The van der Waals surface area contributed by atoms with Crippen molar-refractivity contribution in [1.82, 2.24) is 0 Å². The number of ether oxygens (including phenoxy) is 1. The quantitative estimate of drug-likeness (QED) is 0.457. The molecule has 2 aromatic carbocycles. The Labute approximate surface area is 158 Å². The van der Waals surface area contributed by atoms with Gasteiger partial charge in [-0.1, -0.05) is 18.6 Å². The van der Waals surface area contributed by atoms with E-state index in [-0.39, 0.29) is 11.8 Å². The Morgan fingerprint density at radius 2 is 1.59 bits per heavy atom. The number of hydrogen-bond donors (Lipinski definition) is 2. The van der Waals surface area contributed by atoms with E-state index in [1.807, 2.05) is 13.8 Å². The molecular formula is C21H22N2O4. The summed E-state index contributed by atoms with van der Waals surface area (Å²) in [4.78, 5) is 35.2. The summed E-state index contributed by atoms with van der Waals surface area (Å²) in [7, 11) is 0. The molecule has 2 rings (SSSR count). The second-order valence-corrected chi connectivity index (χ2v) is 5.99. The van der Waals surface area contributed by atoms with Crippen LogP contribution in [0.3, 0.4) is 0 Å². The van der Waals surface area contributed by atoms with Gasteiger partial charge in [-0.25, -0.2) is 0 Å².